The molecule has 0 saturated carbocycles. The summed E-state index contributed by atoms with van der Waals surface area (Å²) in [5.74, 6) is 2.93. The average molecular weight is 305 g/mol. The molecule has 3 aromatic rings. The predicted molar refractivity (Wildman–Crippen MR) is 82.8 cm³/mol. The Balaban J connectivity index is 2.12. The fraction of sp³-hybridized carbons (Fsp3) is 0.333. The molecular weight excluding hydrogens is 288 g/mol. The molecule has 21 heavy (non-hydrogen) atoms. The minimum atomic E-state index is 0.352. The lowest BCUT2D eigenvalue weighted by molar-refractivity contribution is 0.343. The number of imidazole rings is 2. The summed E-state index contributed by atoms with van der Waals surface area (Å²) in [4.78, 5) is 9.00. The summed E-state index contributed by atoms with van der Waals surface area (Å²) in [5.41, 5.74) is 1.86. The summed E-state index contributed by atoms with van der Waals surface area (Å²) < 4.78 is 9.74. The highest BCUT2D eigenvalue weighted by Crippen LogP contribution is 2.27. The van der Waals surface area contributed by atoms with Crippen LogP contribution in [0.3, 0.4) is 0 Å². The van der Waals surface area contributed by atoms with Crippen molar-refractivity contribution >= 4 is 22.6 Å². The molecule has 2 aromatic heterocycles. The van der Waals surface area contributed by atoms with Crippen molar-refractivity contribution < 1.29 is 4.74 Å². The van der Waals surface area contributed by atoms with Gasteiger partial charge in [-0.2, -0.15) is 0 Å². The Hall–Kier alpha value is -2.01. The molecule has 5 nitrogen and oxygen atoms in total. The van der Waals surface area contributed by atoms with Crippen molar-refractivity contribution in [2.75, 3.05) is 6.61 Å². The van der Waals surface area contributed by atoms with Gasteiger partial charge in [-0.1, -0.05) is 6.07 Å². The van der Waals surface area contributed by atoms with Crippen LogP contribution in [0.2, 0.25) is 0 Å². The predicted octanol–water partition coefficient (Wildman–Crippen LogP) is 2.96. The molecule has 0 aliphatic rings. The van der Waals surface area contributed by atoms with E-state index in [2.05, 4.69) is 14.5 Å². The third-order valence-corrected chi connectivity index (χ3v) is 3.70. The van der Waals surface area contributed by atoms with Crippen molar-refractivity contribution in [3.8, 4) is 5.75 Å². The van der Waals surface area contributed by atoms with Gasteiger partial charge in [0.25, 0.3) is 0 Å². The first-order valence-corrected chi connectivity index (χ1v) is 7.41. The van der Waals surface area contributed by atoms with E-state index in [1.807, 2.05) is 42.9 Å². The Morgan fingerprint density at radius 1 is 1.29 bits per heavy atom. The largest absolute Gasteiger partial charge is 0.492 e. The van der Waals surface area contributed by atoms with Gasteiger partial charge in [0.1, 0.15) is 22.9 Å². The molecule has 2 heterocycles. The smallest absolute Gasteiger partial charge is 0.147 e. The standard InChI is InChI=1S/C15H17ClN4O/c1-3-21-12-6-4-5-11-15(12)18-13(9-16)20(11)10-14-17-7-8-19(14)2/h4-8H,3,9-10H2,1-2H3. The molecule has 0 fully saturated rings. The number of hydrogen-bond donors (Lipinski definition) is 0. The van der Waals surface area contributed by atoms with Gasteiger partial charge in [0.05, 0.1) is 24.5 Å². The molecule has 0 aliphatic heterocycles. The highest BCUT2D eigenvalue weighted by atomic mass is 35.5. The lowest BCUT2D eigenvalue weighted by atomic mass is 10.3. The first-order valence-electron chi connectivity index (χ1n) is 6.87. The monoisotopic (exact) mass is 304 g/mol. The van der Waals surface area contributed by atoms with Crippen LogP contribution in [0.5, 0.6) is 5.75 Å². The number of nitrogens with zero attached hydrogens (tertiary/aromatic N) is 4. The number of fused-ring (bicyclic) bond motifs is 1. The van der Waals surface area contributed by atoms with Crippen LogP contribution < -0.4 is 4.74 Å². The van der Waals surface area contributed by atoms with Crippen molar-refractivity contribution in [2.45, 2.75) is 19.3 Å². The number of aromatic nitrogens is 4. The summed E-state index contributed by atoms with van der Waals surface area (Å²) in [5, 5.41) is 0. The number of hydrogen-bond acceptors (Lipinski definition) is 3. The SMILES string of the molecule is CCOc1cccc2c1nc(CCl)n2Cc1nccn1C. The fourth-order valence-electron chi connectivity index (χ4n) is 2.41. The van der Waals surface area contributed by atoms with Crippen molar-refractivity contribution in [2.24, 2.45) is 7.05 Å². The average Bonchev–Trinajstić information content (AvgIpc) is 3.05. The molecule has 0 aliphatic carbocycles. The Morgan fingerprint density at radius 3 is 2.81 bits per heavy atom. The van der Waals surface area contributed by atoms with Crippen LogP contribution in [0.1, 0.15) is 18.6 Å². The Bertz CT molecular complexity index is 762. The summed E-state index contributed by atoms with van der Waals surface area (Å²) >= 11 is 6.06. The molecule has 1 aromatic carbocycles. The number of benzene rings is 1. The van der Waals surface area contributed by atoms with Gasteiger partial charge in [-0.3, -0.25) is 0 Å². The van der Waals surface area contributed by atoms with Gasteiger partial charge >= 0.3 is 0 Å². The Kier molecular flexibility index (Phi) is 3.84. The van der Waals surface area contributed by atoms with Gasteiger partial charge in [-0.05, 0) is 19.1 Å². The van der Waals surface area contributed by atoms with Crippen LogP contribution in [-0.4, -0.2) is 25.7 Å². The number of alkyl halides is 1. The third-order valence-electron chi connectivity index (χ3n) is 3.46. The van der Waals surface area contributed by atoms with Crippen molar-refractivity contribution in [3.63, 3.8) is 0 Å². The molecule has 0 atom stereocenters. The van der Waals surface area contributed by atoms with E-state index >= 15 is 0 Å². The second-order valence-corrected chi connectivity index (χ2v) is 5.03. The molecule has 6 heteroatoms. The van der Waals surface area contributed by atoms with Gasteiger partial charge < -0.3 is 13.9 Å². The van der Waals surface area contributed by atoms with E-state index in [-0.39, 0.29) is 0 Å². The number of para-hydroxylation sites is 1. The topological polar surface area (TPSA) is 44.9 Å². The van der Waals surface area contributed by atoms with E-state index in [1.165, 1.54) is 0 Å². The van der Waals surface area contributed by atoms with E-state index in [0.717, 1.165) is 28.4 Å². The number of rotatable bonds is 5. The molecule has 0 unspecified atom stereocenters. The highest BCUT2D eigenvalue weighted by Gasteiger charge is 2.15. The van der Waals surface area contributed by atoms with Gasteiger partial charge in [0.15, 0.2) is 0 Å². The Labute approximate surface area is 128 Å². The van der Waals surface area contributed by atoms with Crippen molar-refractivity contribution in [1.29, 1.82) is 0 Å². The summed E-state index contributed by atoms with van der Waals surface area (Å²) in [7, 11) is 1.98. The lowest BCUT2D eigenvalue weighted by Gasteiger charge is -2.08. The maximum Gasteiger partial charge on any atom is 0.147 e. The van der Waals surface area contributed by atoms with E-state index < -0.39 is 0 Å². The van der Waals surface area contributed by atoms with Gasteiger partial charge in [0.2, 0.25) is 0 Å². The molecule has 3 rings (SSSR count). The second-order valence-electron chi connectivity index (χ2n) is 4.76. The minimum absolute atomic E-state index is 0.352. The maximum atomic E-state index is 6.06. The van der Waals surface area contributed by atoms with E-state index in [9.17, 15) is 0 Å². The zero-order chi connectivity index (χ0) is 14.8. The fourth-order valence-corrected chi connectivity index (χ4v) is 2.61. The molecular formula is C15H17ClN4O. The normalized spacial score (nSPS) is 11.2. The third kappa shape index (κ3) is 2.49. The maximum absolute atomic E-state index is 6.06. The van der Waals surface area contributed by atoms with Crippen LogP contribution in [0.15, 0.2) is 30.6 Å². The summed E-state index contributed by atoms with van der Waals surface area (Å²) in [6, 6.07) is 5.94. The number of aryl methyl sites for hydroxylation is 1. The molecule has 110 valence electrons. The van der Waals surface area contributed by atoms with Crippen molar-refractivity contribution in [3.05, 3.63) is 42.2 Å². The van der Waals surface area contributed by atoms with E-state index in [1.54, 1.807) is 6.20 Å². The van der Waals surface area contributed by atoms with Crippen LogP contribution >= 0.6 is 11.6 Å². The van der Waals surface area contributed by atoms with Gasteiger partial charge in [-0.25, -0.2) is 9.97 Å². The first-order chi connectivity index (χ1) is 10.2. The van der Waals surface area contributed by atoms with Gasteiger partial charge in [0, 0.05) is 19.4 Å². The lowest BCUT2D eigenvalue weighted by Crippen LogP contribution is -2.08. The molecule has 0 amide bonds. The van der Waals surface area contributed by atoms with Crippen LogP contribution in [0.4, 0.5) is 0 Å². The van der Waals surface area contributed by atoms with Gasteiger partial charge in [-0.15, -0.1) is 11.6 Å². The highest BCUT2D eigenvalue weighted by molar-refractivity contribution is 6.16. The Morgan fingerprint density at radius 2 is 2.14 bits per heavy atom. The quantitative estimate of drug-likeness (QED) is 0.681. The second kappa shape index (κ2) is 5.77. The number of ether oxygens (including phenoxy) is 1. The van der Waals surface area contributed by atoms with Crippen molar-refractivity contribution in [1.82, 2.24) is 19.1 Å². The summed E-state index contributed by atoms with van der Waals surface area (Å²) in [6.45, 7) is 3.21. The summed E-state index contributed by atoms with van der Waals surface area (Å²) in [6.07, 6.45) is 3.72. The van der Waals surface area contributed by atoms with Crippen LogP contribution in [0, 0.1) is 0 Å². The van der Waals surface area contributed by atoms with E-state index in [0.29, 0.717) is 19.0 Å². The van der Waals surface area contributed by atoms with E-state index in [4.69, 9.17) is 16.3 Å². The molecule has 0 radical (unpaired) electrons. The first kappa shape index (κ1) is 13.9. The molecule has 0 spiro atoms. The molecule has 0 saturated heterocycles. The van der Waals surface area contributed by atoms with Crippen LogP contribution in [0.25, 0.3) is 11.0 Å². The number of halogens is 1. The zero-order valence-corrected chi connectivity index (χ0v) is 12.8. The van der Waals surface area contributed by atoms with Crippen LogP contribution in [-0.2, 0) is 19.5 Å². The minimum Gasteiger partial charge on any atom is -0.492 e. The molecule has 0 N–H and O–H groups in total. The molecule has 0 bridgehead atoms. The zero-order valence-electron chi connectivity index (χ0n) is 12.1.